The lowest BCUT2D eigenvalue weighted by Gasteiger charge is -2.15. The highest BCUT2D eigenvalue weighted by atomic mass is 16.5. The van der Waals surface area contributed by atoms with Gasteiger partial charge in [0.15, 0.2) is 5.69 Å². The first-order valence-corrected chi connectivity index (χ1v) is 7.92. The van der Waals surface area contributed by atoms with Crippen molar-refractivity contribution in [3.05, 3.63) is 48.4 Å². The van der Waals surface area contributed by atoms with E-state index in [1.807, 2.05) is 6.07 Å². The average molecular weight is 351 g/mol. The molecule has 0 aliphatic rings. The fourth-order valence-corrected chi connectivity index (χ4v) is 2.61. The summed E-state index contributed by atoms with van der Waals surface area (Å²) in [6.07, 6.45) is 2.28. The highest BCUT2D eigenvalue weighted by Gasteiger charge is 2.18. The maximum atomic E-state index is 9.60. The zero-order valence-electron chi connectivity index (χ0n) is 14.1. The van der Waals surface area contributed by atoms with E-state index in [4.69, 9.17) is 14.6 Å². The van der Waals surface area contributed by atoms with E-state index in [1.54, 1.807) is 43.8 Å². The van der Waals surface area contributed by atoms with Crippen molar-refractivity contribution >= 4 is 10.8 Å². The maximum Gasteiger partial charge on any atom is 0.222 e. The highest BCUT2D eigenvalue weighted by molar-refractivity contribution is 6.01. The van der Waals surface area contributed by atoms with Gasteiger partial charge in [-0.2, -0.15) is 5.26 Å². The standard InChI is InChI=1S/C19H17N3O4/c1-25-14-4-5-15-16(7-14)18(12-3-2-6-21-9-12)17(8-20)22-19(15)26-11-13(24)10-23/h2-7,9,13,23-24H,10-11H2,1H3. The van der Waals surface area contributed by atoms with E-state index >= 15 is 0 Å². The van der Waals surface area contributed by atoms with E-state index in [0.717, 1.165) is 10.9 Å². The van der Waals surface area contributed by atoms with Gasteiger partial charge in [-0.1, -0.05) is 6.07 Å². The van der Waals surface area contributed by atoms with Crippen LogP contribution in [0.25, 0.3) is 21.9 Å². The van der Waals surface area contributed by atoms with Gasteiger partial charge in [0, 0.05) is 34.3 Å². The molecule has 2 aromatic heterocycles. The van der Waals surface area contributed by atoms with Crippen molar-refractivity contribution in [2.24, 2.45) is 0 Å². The largest absolute Gasteiger partial charge is 0.497 e. The molecule has 0 saturated carbocycles. The molecule has 3 rings (SSSR count). The predicted molar refractivity (Wildman–Crippen MR) is 94.8 cm³/mol. The summed E-state index contributed by atoms with van der Waals surface area (Å²) in [5.74, 6) is 0.832. The molecule has 2 heterocycles. The molecule has 0 fully saturated rings. The van der Waals surface area contributed by atoms with Crippen LogP contribution in [0.5, 0.6) is 11.6 Å². The first-order chi connectivity index (χ1) is 12.7. The summed E-state index contributed by atoms with van der Waals surface area (Å²) in [5, 5.41) is 29.5. The fourth-order valence-electron chi connectivity index (χ4n) is 2.61. The van der Waals surface area contributed by atoms with Crippen LogP contribution in [0.1, 0.15) is 5.69 Å². The lowest BCUT2D eigenvalue weighted by molar-refractivity contribution is 0.0526. The second kappa shape index (κ2) is 7.78. The van der Waals surface area contributed by atoms with Crippen molar-refractivity contribution in [3.63, 3.8) is 0 Å². The molecule has 0 bridgehead atoms. The number of pyridine rings is 2. The number of fused-ring (bicyclic) bond motifs is 1. The van der Waals surface area contributed by atoms with Crippen molar-refractivity contribution < 1.29 is 19.7 Å². The second-order valence-electron chi connectivity index (χ2n) is 5.55. The van der Waals surface area contributed by atoms with Crippen LogP contribution in [0.2, 0.25) is 0 Å². The van der Waals surface area contributed by atoms with E-state index in [1.165, 1.54) is 0 Å². The summed E-state index contributed by atoms with van der Waals surface area (Å²) in [5.41, 5.74) is 1.55. The Bertz CT molecular complexity index is 954. The Hall–Kier alpha value is -3.21. The Balaban J connectivity index is 2.24. The van der Waals surface area contributed by atoms with Crippen molar-refractivity contribution in [2.45, 2.75) is 6.10 Å². The van der Waals surface area contributed by atoms with Gasteiger partial charge in [-0.15, -0.1) is 0 Å². The molecular formula is C19H17N3O4. The Kier molecular flexibility index (Phi) is 5.27. The van der Waals surface area contributed by atoms with Crippen molar-refractivity contribution in [1.82, 2.24) is 9.97 Å². The van der Waals surface area contributed by atoms with Crippen LogP contribution < -0.4 is 9.47 Å². The molecule has 132 valence electrons. The van der Waals surface area contributed by atoms with Crippen LogP contribution in [0.3, 0.4) is 0 Å². The summed E-state index contributed by atoms with van der Waals surface area (Å²) in [6.45, 7) is -0.563. The Labute approximate surface area is 150 Å². The number of nitrogens with zero attached hydrogens (tertiary/aromatic N) is 3. The monoisotopic (exact) mass is 351 g/mol. The Morgan fingerprint density at radius 1 is 1.27 bits per heavy atom. The minimum Gasteiger partial charge on any atom is -0.497 e. The number of hydrogen-bond donors (Lipinski definition) is 2. The van der Waals surface area contributed by atoms with Crippen LogP contribution in [-0.2, 0) is 0 Å². The number of aliphatic hydroxyl groups is 2. The van der Waals surface area contributed by atoms with Gasteiger partial charge in [0.2, 0.25) is 5.88 Å². The molecule has 1 unspecified atom stereocenters. The minimum absolute atomic E-state index is 0.137. The molecule has 26 heavy (non-hydrogen) atoms. The highest BCUT2D eigenvalue weighted by Crippen LogP contribution is 2.37. The van der Waals surface area contributed by atoms with Gasteiger partial charge in [0.1, 0.15) is 24.5 Å². The molecule has 0 saturated heterocycles. The maximum absolute atomic E-state index is 9.60. The van der Waals surface area contributed by atoms with E-state index in [9.17, 15) is 10.4 Å². The summed E-state index contributed by atoms with van der Waals surface area (Å²) in [4.78, 5) is 8.43. The average Bonchev–Trinajstić information content (AvgIpc) is 2.71. The van der Waals surface area contributed by atoms with Crippen LogP contribution in [-0.4, -0.2) is 46.6 Å². The number of methoxy groups -OCH3 is 1. The number of aromatic nitrogens is 2. The molecule has 0 spiro atoms. The van der Waals surface area contributed by atoms with Gasteiger partial charge in [-0.3, -0.25) is 4.98 Å². The molecule has 3 aromatic rings. The first kappa shape index (κ1) is 17.6. The number of aliphatic hydroxyl groups excluding tert-OH is 2. The van der Waals surface area contributed by atoms with E-state index in [0.29, 0.717) is 16.7 Å². The third-order valence-corrected chi connectivity index (χ3v) is 3.86. The summed E-state index contributed by atoms with van der Waals surface area (Å²) in [7, 11) is 1.56. The normalized spacial score (nSPS) is 11.8. The van der Waals surface area contributed by atoms with Gasteiger partial charge in [-0.05, 0) is 24.3 Å². The Morgan fingerprint density at radius 3 is 2.77 bits per heavy atom. The smallest absolute Gasteiger partial charge is 0.222 e. The second-order valence-corrected chi connectivity index (χ2v) is 5.55. The van der Waals surface area contributed by atoms with Crippen molar-refractivity contribution in [3.8, 4) is 28.8 Å². The molecule has 1 aromatic carbocycles. The molecule has 0 radical (unpaired) electrons. The molecule has 1 atom stereocenters. The van der Waals surface area contributed by atoms with Crippen LogP contribution in [0, 0.1) is 11.3 Å². The lowest BCUT2D eigenvalue weighted by atomic mass is 9.98. The number of nitriles is 1. The van der Waals surface area contributed by atoms with Crippen molar-refractivity contribution in [1.29, 1.82) is 5.26 Å². The lowest BCUT2D eigenvalue weighted by Crippen LogP contribution is -2.21. The summed E-state index contributed by atoms with van der Waals surface area (Å²) < 4.78 is 10.9. The minimum atomic E-state index is -1.03. The number of rotatable bonds is 6. The van der Waals surface area contributed by atoms with E-state index < -0.39 is 12.7 Å². The first-order valence-electron chi connectivity index (χ1n) is 7.92. The molecule has 2 N–H and O–H groups in total. The van der Waals surface area contributed by atoms with Gasteiger partial charge in [0.25, 0.3) is 0 Å². The predicted octanol–water partition coefficient (Wildman–Crippen LogP) is 1.91. The molecule has 0 amide bonds. The zero-order valence-corrected chi connectivity index (χ0v) is 14.1. The van der Waals surface area contributed by atoms with Crippen molar-refractivity contribution in [2.75, 3.05) is 20.3 Å². The Morgan fingerprint density at radius 2 is 2.12 bits per heavy atom. The van der Waals surface area contributed by atoms with Gasteiger partial charge < -0.3 is 19.7 Å². The summed E-state index contributed by atoms with van der Waals surface area (Å²) in [6, 6.07) is 11.1. The molecule has 0 aliphatic carbocycles. The van der Waals surface area contributed by atoms with Gasteiger partial charge in [0.05, 0.1) is 13.7 Å². The third kappa shape index (κ3) is 3.42. The topological polar surface area (TPSA) is 108 Å². The van der Waals surface area contributed by atoms with Gasteiger partial charge in [-0.25, -0.2) is 4.98 Å². The quantitative estimate of drug-likeness (QED) is 0.698. The number of ether oxygens (including phenoxy) is 2. The van der Waals surface area contributed by atoms with Crippen LogP contribution in [0.15, 0.2) is 42.7 Å². The third-order valence-electron chi connectivity index (χ3n) is 3.86. The molecule has 7 heteroatoms. The fraction of sp³-hybridized carbons (Fsp3) is 0.211. The SMILES string of the molecule is COc1ccc2c(OCC(O)CO)nc(C#N)c(-c3cccnc3)c2c1. The number of benzene rings is 1. The van der Waals surface area contributed by atoms with Gasteiger partial charge >= 0.3 is 0 Å². The molecular weight excluding hydrogens is 334 g/mol. The zero-order chi connectivity index (χ0) is 18.5. The molecule has 0 aliphatic heterocycles. The van der Waals surface area contributed by atoms with E-state index in [2.05, 4.69) is 16.0 Å². The summed E-state index contributed by atoms with van der Waals surface area (Å²) >= 11 is 0. The number of hydrogen-bond acceptors (Lipinski definition) is 7. The van der Waals surface area contributed by atoms with E-state index in [-0.39, 0.29) is 18.2 Å². The van der Waals surface area contributed by atoms with Crippen LogP contribution >= 0.6 is 0 Å². The van der Waals surface area contributed by atoms with Crippen LogP contribution in [0.4, 0.5) is 0 Å². The molecule has 7 nitrogen and oxygen atoms in total.